The van der Waals surface area contributed by atoms with Crippen LogP contribution in [0.4, 0.5) is 0 Å². The molecule has 0 radical (unpaired) electrons. The number of para-hydroxylation sites is 1. The zero-order chi connectivity index (χ0) is 18.5. The third-order valence-corrected chi connectivity index (χ3v) is 6.28. The van der Waals surface area contributed by atoms with Gasteiger partial charge in [-0.25, -0.2) is 4.98 Å². The minimum absolute atomic E-state index is 0.951. The minimum Gasteiger partial charge on any atom is -0.292 e. The number of aromatic nitrogens is 2. The van der Waals surface area contributed by atoms with Gasteiger partial charge >= 0.3 is 0 Å². The molecule has 0 bridgehead atoms. The topological polar surface area (TPSA) is 17.8 Å². The lowest BCUT2D eigenvalue weighted by atomic mass is 10.1. The lowest BCUT2D eigenvalue weighted by Crippen LogP contribution is -1.97. The maximum Gasteiger partial charge on any atom is 0.137 e. The number of fused-ring (bicyclic) bond motifs is 5. The van der Waals surface area contributed by atoms with E-state index in [0.29, 0.717) is 0 Å². The van der Waals surface area contributed by atoms with E-state index in [4.69, 9.17) is 4.98 Å². The van der Waals surface area contributed by atoms with Crippen LogP contribution in [0, 0.1) is 0 Å². The standard InChI is InChI=1S/C25H16N2S/c1-2-6-17(7-3-1)19-11-13-23(26-16-19)27-22-9-5-4-8-20(22)21-12-10-18-14-15-28-25(18)24(21)27/h1-16H. The Morgan fingerprint density at radius 1 is 0.679 bits per heavy atom. The first-order valence-corrected chi connectivity index (χ1v) is 10.2. The van der Waals surface area contributed by atoms with E-state index in [0.717, 1.165) is 11.4 Å². The fourth-order valence-electron chi connectivity index (χ4n) is 4.03. The van der Waals surface area contributed by atoms with Gasteiger partial charge in [-0.1, -0.05) is 60.7 Å². The first-order chi connectivity index (χ1) is 13.9. The summed E-state index contributed by atoms with van der Waals surface area (Å²) in [7, 11) is 0. The molecule has 0 amide bonds. The van der Waals surface area contributed by atoms with Crippen LogP contribution in [0.3, 0.4) is 0 Å². The van der Waals surface area contributed by atoms with Crippen LogP contribution in [-0.4, -0.2) is 9.55 Å². The minimum atomic E-state index is 0.951. The van der Waals surface area contributed by atoms with E-state index in [1.54, 1.807) is 11.3 Å². The Bertz CT molecular complexity index is 1440. The second-order valence-electron chi connectivity index (χ2n) is 6.92. The highest BCUT2D eigenvalue weighted by Gasteiger charge is 2.16. The molecule has 3 heterocycles. The Morgan fingerprint density at radius 2 is 1.54 bits per heavy atom. The smallest absolute Gasteiger partial charge is 0.137 e. The number of rotatable bonds is 2. The predicted molar refractivity (Wildman–Crippen MR) is 119 cm³/mol. The third-order valence-electron chi connectivity index (χ3n) is 5.34. The van der Waals surface area contributed by atoms with E-state index in [2.05, 4.69) is 88.8 Å². The quantitative estimate of drug-likeness (QED) is 0.316. The molecule has 0 spiro atoms. The molecule has 28 heavy (non-hydrogen) atoms. The van der Waals surface area contributed by atoms with Crippen molar-refractivity contribution in [3.63, 3.8) is 0 Å². The lowest BCUT2D eigenvalue weighted by molar-refractivity contribution is 1.09. The third kappa shape index (κ3) is 2.23. The maximum atomic E-state index is 4.86. The highest BCUT2D eigenvalue weighted by atomic mass is 32.1. The largest absolute Gasteiger partial charge is 0.292 e. The molecule has 3 aromatic carbocycles. The van der Waals surface area contributed by atoms with E-state index in [1.807, 2.05) is 12.3 Å². The first kappa shape index (κ1) is 15.6. The molecule has 6 rings (SSSR count). The molecule has 0 atom stereocenters. The molecule has 0 fully saturated rings. The van der Waals surface area contributed by atoms with Crippen molar-refractivity contribution < 1.29 is 0 Å². The molecular weight excluding hydrogens is 360 g/mol. The number of benzene rings is 3. The predicted octanol–water partition coefficient (Wildman–Crippen LogP) is 7.06. The van der Waals surface area contributed by atoms with Gasteiger partial charge in [-0.3, -0.25) is 4.57 Å². The second-order valence-corrected chi connectivity index (χ2v) is 7.84. The van der Waals surface area contributed by atoms with Crippen LogP contribution in [0.2, 0.25) is 0 Å². The summed E-state index contributed by atoms with van der Waals surface area (Å²) >= 11 is 1.79. The van der Waals surface area contributed by atoms with Gasteiger partial charge in [-0.05, 0) is 40.6 Å². The van der Waals surface area contributed by atoms with Crippen molar-refractivity contribution in [3.8, 4) is 16.9 Å². The number of pyridine rings is 1. The summed E-state index contributed by atoms with van der Waals surface area (Å²) in [4.78, 5) is 4.86. The Morgan fingerprint density at radius 3 is 2.39 bits per heavy atom. The van der Waals surface area contributed by atoms with Crippen molar-refractivity contribution in [3.05, 3.63) is 96.5 Å². The average Bonchev–Trinajstić information content (AvgIpc) is 3.37. The number of hydrogen-bond acceptors (Lipinski definition) is 2. The van der Waals surface area contributed by atoms with Crippen molar-refractivity contribution in [2.45, 2.75) is 0 Å². The van der Waals surface area contributed by atoms with Gasteiger partial charge in [0.05, 0.1) is 15.7 Å². The van der Waals surface area contributed by atoms with E-state index in [-0.39, 0.29) is 0 Å². The zero-order valence-electron chi connectivity index (χ0n) is 15.0. The van der Waals surface area contributed by atoms with Crippen LogP contribution < -0.4 is 0 Å². The Labute approximate surface area is 166 Å². The first-order valence-electron chi connectivity index (χ1n) is 9.31. The monoisotopic (exact) mass is 376 g/mol. The van der Waals surface area contributed by atoms with Gasteiger partial charge in [0.2, 0.25) is 0 Å². The van der Waals surface area contributed by atoms with Gasteiger partial charge in [-0.2, -0.15) is 0 Å². The van der Waals surface area contributed by atoms with Gasteiger partial charge in [0.15, 0.2) is 0 Å². The Balaban J connectivity index is 1.66. The van der Waals surface area contributed by atoms with E-state index in [9.17, 15) is 0 Å². The van der Waals surface area contributed by atoms with Crippen molar-refractivity contribution in [1.82, 2.24) is 9.55 Å². The summed E-state index contributed by atoms with van der Waals surface area (Å²) < 4.78 is 3.61. The normalized spacial score (nSPS) is 11.6. The van der Waals surface area contributed by atoms with Gasteiger partial charge in [-0.15, -0.1) is 11.3 Å². The van der Waals surface area contributed by atoms with Crippen LogP contribution >= 0.6 is 11.3 Å². The van der Waals surface area contributed by atoms with Crippen molar-refractivity contribution in [2.75, 3.05) is 0 Å². The highest BCUT2D eigenvalue weighted by Crippen LogP contribution is 2.38. The molecule has 0 saturated heterocycles. The van der Waals surface area contributed by atoms with E-state index in [1.165, 1.54) is 37.5 Å². The van der Waals surface area contributed by atoms with Crippen LogP contribution in [0.1, 0.15) is 0 Å². The molecular formula is C25H16N2S. The van der Waals surface area contributed by atoms with Crippen molar-refractivity contribution in [2.24, 2.45) is 0 Å². The van der Waals surface area contributed by atoms with Gasteiger partial charge in [0.1, 0.15) is 5.82 Å². The summed E-state index contributed by atoms with van der Waals surface area (Å²) in [6, 6.07) is 29.9. The summed E-state index contributed by atoms with van der Waals surface area (Å²) in [5.41, 5.74) is 4.75. The highest BCUT2D eigenvalue weighted by molar-refractivity contribution is 7.18. The SMILES string of the molecule is c1ccc(-c2ccc(-n3c4ccccc4c4ccc5ccsc5c43)nc2)cc1. The molecule has 3 heteroatoms. The molecule has 3 aromatic heterocycles. The van der Waals surface area contributed by atoms with E-state index >= 15 is 0 Å². The molecule has 6 aromatic rings. The molecule has 0 aliphatic heterocycles. The van der Waals surface area contributed by atoms with Crippen molar-refractivity contribution in [1.29, 1.82) is 0 Å². The van der Waals surface area contributed by atoms with Crippen LogP contribution in [0.5, 0.6) is 0 Å². The summed E-state index contributed by atoms with van der Waals surface area (Å²) in [5.74, 6) is 0.951. The number of hydrogen-bond donors (Lipinski definition) is 0. The summed E-state index contributed by atoms with van der Waals surface area (Å²) in [6.07, 6.45) is 1.97. The summed E-state index contributed by atoms with van der Waals surface area (Å²) in [5, 5.41) is 5.99. The van der Waals surface area contributed by atoms with Gasteiger partial charge < -0.3 is 0 Å². The molecule has 0 aliphatic carbocycles. The maximum absolute atomic E-state index is 4.86. The fourth-order valence-corrected chi connectivity index (χ4v) is 4.97. The average molecular weight is 376 g/mol. The van der Waals surface area contributed by atoms with Gasteiger partial charge in [0, 0.05) is 22.5 Å². The van der Waals surface area contributed by atoms with E-state index < -0.39 is 0 Å². The molecule has 2 nitrogen and oxygen atoms in total. The Hall–Kier alpha value is -3.43. The van der Waals surface area contributed by atoms with Crippen molar-refractivity contribution >= 4 is 43.2 Å². The molecule has 0 unspecified atom stereocenters. The molecule has 0 saturated carbocycles. The van der Waals surface area contributed by atoms with Crippen LogP contribution in [0.25, 0.3) is 48.8 Å². The number of nitrogens with zero attached hydrogens (tertiary/aromatic N) is 2. The fraction of sp³-hybridized carbons (Fsp3) is 0. The van der Waals surface area contributed by atoms with Gasteiger partial charge in [0.25, 0.3) is 0 Å². The lowest BCUT2D eigenvalue weighted by Gasteiger charge is -2.09. The molecule has 132 valence electrons. The van der Waals surface area contributed by atoms with Crippen LogP contribution in [0.15, 0.2) is 96.5 Å². The van der Waals surface area contributed by atoms with Crippen LogP contribution in [-0.2, 0) is 0 Å². The Kier molecular flexibility index (Phi) is 3.37. The summed E-state index contributed by atoms with van der Waals surface area (Å²) in [6.45, 7) is 0. The molecule has 0 aliphatic rings. The second kappa shape index (κ2) is 6.04. The zero-order valence-corrected chi connectivity index (χ0v) is 15.9. The number of thiophene rings is 1. The molecule has 0 N–H and O–H groups in total.